The van der Waals surface area contributed by atoms with Crippen molar-refractivity contribution in [3.8, 4) is 11.8 Å². The van der Waals surface area contributed by atoms with Gasteiger partial charge < -0.3 is 9.64 Å². The third kappa shape index (κ3) is 2.89. The number of nitrogens with zero attached hydrogens (tertiary/aromatic N) is 2. The summed E-state index contributed by atoms with van der Waals surface area (Å²) >= 11 is 1.72. The van der Waals surface area contributed by atoms with Crippen molar-refractivity contribution in [2.45, 2.75) is 23.8 Å². The second-order valence-corrected chi connectivity index (χ2v) is 8.77. The summed E-state index contributed by atoms with van der Waals surface area (Å²) in [6.07, 6.45) is 0. The van der Waals surface area contributed by atoms with Crippen molar-refractivity contribution >= 4 is 17.4 Å². The Balaban J connectivity index is 1.73. The summed E-state index contributed by atoms with van der Waals surface area (Å²) in [5, 5.41) is 11.3. The zero-order valence-electron chi connectivity index (χ0n) is 16.9. The number of nitriles is 1. The van der Waals surface area contributed by atoms with E-state index in [9.17, 15) is 5.26 Å². The number of benzene rings is 3. The molecule has 3 aromatic carbocycles. The molecule has 3 nitrogen and oxygen atoms in total. The maximum Gasteiger partial charge on any atom is 0.118 e. The third-order valence-corrected chi connectivity index (χ3v) is 7.31. The van der Waals surface area contributed by atoms with E-state index in [1.54, 1.807) is 18.9 Å². The zero-order chi connectivity index (χ0) is 20.7. The average molecular weight is 411 g/mol. The molecule has 0 spiro atoms. The van der Waals surface area contributed by atoms with Gasteiger partial charge >= 0.3 is 0 Å². The molecule has 0 saturated heterocycles. The summed E-state index contributed by atoms with van der Waals surface area (Å²) in [5.74, 6) is 1.12. The van der Waals surface area contributed by atoms with E-state index in [1.807, 2.05) is 18.2 Å². The normalized spacial score (nSPS) is 22.3. The molecular weight excluding hydrogens is 388 g/mol. The first kappa shape index (κ1) is 18.8. The van der Waals surface area contributed by atoms with Gasteiger partial charge in [0.15, 0.2) is 0 Å². The molecule has 2 aliphatic rings. The average Bonchev–Trinajstić information content (AvgIpc) is 3.18. The molecule has 3 aromatic rings. The third-order valence-electron chi connectivity index (χ3n) is 6.13. The molecule has 0 fully saturated rings. The number of fused-ring (bicyclic) bond motifs is 3. The Morgan fingerprint density at radius 2 is 1.60 bits per heavy atom. The fraction of sp³-hybridized carbons (Fsp3) is 0.192. The van der Waals surface area contributed by atoms with E-state index in [0.717, 1.165) is 16.4 Å². The van der Waals surface area contributed by atoms with Crippen molar-refractivity contribution in [2.75, 3.05) is 12.0 Å². The Bertz CT molecular complexity index is 1150. The van der Waals surface area contributed by atoms with Crippen molar-refractivity contribution in [2.24, 2.45) is 5.92 Å². The quantitative estimate of drug-likeness (QED) is 0.493. The Labute approximate surface area is 181 Å². The second-order valence-electron chi connectivity index (χ2n) is 7.74. The number of ether oxygens (including phenoxy) is 1. The molecular formula is C26H22N2OS. The summed E-state index contributed by atoms with van der Waals surface area (Å²) in [6.45, 7) is 2.27. The van der Waals surface area contributed by atoms with E-state index < -0.39 is 0 Å². The van der Waals surface area contributed by atoms with E-state index >= 15 is 0 Å². The summed E-state index contributed by atoms with van der Waals surface area (Å²) < 4.78 is 5.38. The number of hydrogen-bond donors (Lipinski definition) is 0. The maximum absolute atomic E-state index is 10.2. The highest BCUT2D eigenvalue weighted by atomic mass is 32.2. The molecule has 5 rings (SSSR count). The summed E-state index contributed by atoms with van der Waals surface area (Å²) in [6, 6.07) is 30.0. The Hall–Kier alpha value is -3.16. The lowest BCUT2D eigenvalue weighted by atomic mass is 9.73. The van der Waals surface area contributed by atoms with Gasteiger partial charge in [0.25, 0.3) is 0 Å². The smallest absolute Gasteiger partial charge is 0.118 e. The molecule has 0 aromatic heterocycles. The standard InChI is InChI=1S/C26H22N2OS/c1-17-24(18-8-4-3-5-9-18)21(16-27)26-28(22-10-6-7-11-23(22)30-26)25(17)19-12-14-20(29-2)15-13-19/h3-15,17,24-25H,1-2H3/t17-,24+,25-/m0/s1. The molecule has 0 aliphatic carbocycles. The molecule has 0 saturated carbocycles. The highest BCUT2D eigenvalue weighted by molar-refractivity contribution is 8.03. The largest absolute Gasteiger partial charge is 0.497 e. The lowest BCUT2D eigenvalue weighted by molar-refractivity contribution is 0.391. The van der Waals surface area contributed by atoms with Gasteiger partial charge in [-0.1, -0.05) is 73.3 Å². The van der Waals surface area contributed by atoms with Crippen LogP contribution < -0.4 is 9.64 Å². The van der Waals surface area contributed by atoms with E-state index in [4.69, 9.17) is 4.74 Å². The van der Waals surface area contributed by atoms with Gasteiger partial charge in [0, 0.05) is 10.8 Å². The van der Waals surface area contributed by atoms with Crippen LogP contribution in [0.5, 0.6) is 5.75 Å². The van der Waals surface area contributed by atoms with Crippen LogP contribution in [0.25, 0.3) is 0 Å². The van der Waals surface area contributed by atoms with Crippen LogP contribution in [0.4, 0.5) is 5.69 Å². The van der Waals surface area contributed by atoms with Crippen molar-refractivity contribution in [1.82, 2.24) is 0 Å². The minimum atomic E-state index is 0.0522. The van der Waals surface area contributed by atoms with Gasteiger partial charge in [-0.15, -0.1) is 0 Å². The van der Waals surface area contributed by atoms with E-state index in [2.05, 4.69) is 78.6 Å². The van der Waals surface area contributed by atoms with Crippen molar-refractivity contribution in [3.05, 3.63) is 101 Å². The Morgan fingerprint density at radius 3 is 2.30 bits per heavy atom. The van der Waals surface area contributed by atoms with Crippen LogP contribution in [0.1, 0.15) is 30.0 Å². The lowest BCUT2D eigenvalue weighted by Crippen LogP contribution is -2.38. The van der Waals surface area contributed by atoms with Crippen LogP contribution in [-0.2, 0) is 0 Å². The van der Waals surface area contributed by atoms with Gasteiger partial charge in [0.05, 0.1) is 35.5 Å². The molecule has 2 heterocycles. The Morgan fingerprint density at radius 1 is 0.900 bits per heavy atom. The fourth-order valence-electron chi connectivity index (χ4n) is 4.78. The molecule has 0 radical (unpaired) electrons. The molecule has 148 valence electrons. The first-order chi connectivity index (χ1) is 14.7. The topological polar surface area (TPSA) is 36.3 Å². The number of thioether (sulfide) groups is 1. The van der Waals surface area contributed by atoms with E-state index in [1.165, 1.54) is 21.7 Å². The van der Waals surface area contributed by atoms with Gasteiger partial charge in [-0.2, -0.15) is 5.26 Å². The van der Waals surface area contributed by atoms with Crippen molar-refractivity contribution < 1.29 is 4.74 Å². The van der Waals surface area contributed by atoms with E-state index in [-0.39, 0.29) is 17.9 Å². The van der Waals surface area contributed by atoms with Crippen molar-refractivity contribution in [1.29, 1.82) is 5.26 Å². The van der Waals surface area contributed by atoms with Crippen molar-refractivity contribution in [3.63, 3.8) is 0 Å². The van der Waals surface area contributed by atoms with Crippen LogP contribution in [-0.4, -0.2) is 7.11 Å². The molecule has 30 heavy (non-hydrogen) atoms. The van der Waals surface area contributed by atoms with Gasteiger partial charge in [-0.3, -0.25) is 0 Å². The fourth-order valence-corrected chi connectivity index (χ4v) is 6.00. The van der Waals surface area contributed by atoms with Gasteiger partial charge in [0.1, 0.15) is 5.75 Å². The number of hydrogen-bond acceptors (Lipinski definition) is 4. The first-order valence-electron chi connectivity index (χ1n) is 10.1. The summed E-state index contributed by atoms with van der Waals surface area (Å²) in [7, 11) is 1.69. The molecule has 0 amide bonds. The second kappa shape index (κ2) is 7.59. The van der Waals surface area contributed by atoms with Crippen LogP contribution >= 0.6 is 11.8 Å². The molecule has 0 bridgehead atoms. The number of para-hydroxylation sites is 1. The molecule has 3 atom stereocenters. The van der Waals surface area contributed by atoms with Crippen LogP contribution in [0.2, 0.25) is 0 Å². The molecule has 0 N–H and O–H groups in total. The van der Waals surface area contributed by atoms with Crippen LogP contribution in [0, 0.1) is 17.2 Å². The maximum atomic E-state index is 10.2. The minimum absolute atomic E-state index is 0.0522. The molecule has 2 aliphatic heterocycles. The highest BCUT2D eigenvalue weighted by Gasteiger charge is 2.46. The monoisotopic (exact) mass is 410 g/mol. The first-order valence-corrected chi connectivity index (χ1v) is 10.9. The SMILES string of the molecule is COc1ccc([C@@H]2[C@@H](C)[C@H](c3ccccc3)C(C#N)=C3Sc4ccccc4N32)cc1. The summed E-state index contributed by atoms with van der Waals surface area (Å²) in [5.41, 5.74) is 4.48. The van der Waals surface area contributed by atoms with Gasteiger partial charge in [-0.25, -0.2) is 0 Å². The lowest BCUT2D eigenvalue weighted by Gasteiger charge is -2.44. The molecule has 4 heteroatoms. The zero-order valence-corrected chi connectivity index (χ0v) is 17.8. The number of anilines is 1. The van der Waals surface area contributed by atoms with Gasteiger partial charge in [-0.05, 0) is 41.3 Å². The minimum Gasteiger partial charge on any atom is -0.497 e. The van der Waals surface area contributed by atoms with Crippen LogP contribution in [0.15, 0.2) is 94.4 Å². The summed E-state index contributed by atoms with van der Waals surface area (Å²) in [4.78, 5) is 3.59. The number of methoxy groups -OCH3 is 1. The highest BCUT2D eigenvalue weighted by Crippen LogP contribution is 2.59. The van der Waals surface area contributed by atoms with Crippen LogP contribution in [0.3, 0.4) is 0 Å². The predicted molar refractivity (Wildman–Crippen MR) is 121 cm³/mol. The van der Waals surface area contributed by atoms with E-state index in [0.29, 0.717) is 0 Å². The Kier molecular flexibility index (Phi) is 4.77. The number of rotatable bonds is 3. The molecule has 0 unspecified atom stereocenters. The predicted octanol–water partition coefficient (Wildman–Crippen LogP) is 6.52. The number of allylic oxidation sites excluding steroid dienone is 1. The van der Waals surface area contributed by atoms with Gasteiger partial charge in [0.2, 0.25) is 0 Å².